The van der Waals surface area contributed by atoms with Gasteiger partial charge in [0.2, 0.25) is 5.91 Å². The Hall–Kier alpha value is -1.74. The number of hydrogen-bond acceptors (Lipinski definition) is 1. The van der Waals surface area contributed by atoms with Crippen LogP contribution < -0.4 is 5.32 Å². The predicted molar refractivity (Wildman–Crippen MR) is 81.7 cm³/mol. The topological polar surface area (TPSA) is 44.9 Å². The van der Waals surface area contributed by atoms with Crippen molar-refractivity contribution in [2.75, 3.05) is 0 Å². The molecule has 3 nitrogen and oxygen atoms in total. The van der Waals surface area contributed by atoms with Gasteiger partial charge in [0.15, 0.2) is 0 Å². The normalized spacial score (nSPS) is 12.4. The quantitative estimate of drug-likeness (QED) is 0.866. The molecule has 0 aliphatic rings. The number of aromatic amines is 1. The first-order valence-electron chi connectivity index (χ1n) is 6.72. The molecule has 1 atom stereocenters. The number of carbonyl (C=O) groups is 1. The summed E-state index contributed by atoms with van der Waals surface area (Å²) in [7, 11) is 0. The fraction of sp³-hybridized carbons (Fsp3) is 0.312. The minimum absolute atomic E-state index is 0.0449. The van der Waals surface area contributed by atoms with Crippen LogP contribution in [0.2, 0.25) is 5.02 Å². The van der Waals surface area contributed by atoms with E-state index in [2.05, 4.69) is 24.1 Å². The standard InChI is InChI=1S/C16H19ClN2O/c1-11(2)15(13-3-5-14(17)6-4-13)16(20)19-10-12-7-8-18-9-12/h3-9,11,15,18H,10H2,1-2H3,(H,19,20). The molecule has 1 heterocycles. The van der Waals surface area contributed by atoms with Gasteiger partial charge in [-0.05, 0) is 35.2 Å². The Bertz CT molecular complexity index is 546. The molecule has 0 bridgehead atoms. The number of benzene rings is 1. The smallest absolute Gasteiger partial charge is 0.228 e. The highest BCUT2D eigenvalue weighted by atomic mass is 35.5. The van der Waals surface area contributed by atoms with Crippen LogP contribution in [0.1, 0.15) is 30.9 Å². The second kappa shape index (κ2) is 6.62. The number of aromatic nitrogens is 1. The summed E-state index contributed by atoms with van der Waals surface area (Å²) >= 11 is 5.90. The van der Waals surface area contributed by atoms with Gasteiger partial charge in [0.05, 0.1) is 5.92 Å². The van der Waals surface area contributed by atoms with Crippen molar-refractivity contribution in [3.05, 3.63) is 58.9 Å². The van der Waals surface area contributed by atoms with Crippen molar-refractivity contribution < 1.29 is 4.79 Å². The maximum Gasteiger partial charge on any atom is 0.228 e. The molecule has 4 heteroatoms. The maximum absolute atomic E-state index is 12.4. The third kappa shape index (κ3) is 3.64. The van der Waals surface area contributed by atoms with Crippen LogP contribution in [0.25, 0.3) is 0 Å². The molecule has 2 rings (SSSR count). The van der Waals surface area contributed by atoms with E-state index in [0.29, 0.717) is 11.6 Å². The number of rotatable bonds is 5. The van der Waals surface area contributed by atoms with Gasteiger partial charge in [0.25, 0.3) is 0 Å². The van der Waals surface area contributed by atoms with Gasteiger partial charge < -0.3 is 10.3 Å². The first-order valence-corrected chi connectivity index (χ1v) is 7.10. The van der Waals surface area contributed by atoms with Crippen LogP contribution in [0.5, 0.6) is 0 Å². The van der Waals surface area contributed by atoms with Crippen molar-refractivity contribution >= 4 is 17.5 Å². The minimum Gasteiger partial charge on any atom is -0.367 e. The molecule has 1 unspecified atom stereocenters. The molecule has 0 spiro atoms. The van der Waals surface area contributed by atoms with Crippen molar-refractivity contribution in [2.45, 2.75) is 26.3 Å². The highest BCUT2D eigenvalue weighted by molar-refractivity contribution is 6.30. The van der Waals surface area contributed by atoms with Crippen LogP contribution >= 0.6 is 11.6 Å². The summed E-state index contributed by atoms with van der Waals surface area (Å²) in [4.78, 5) is 15.4. The van der Waals surface area contributed by atoms with Crippen molar-refractivity contribution in [2.24, 2.45) is 5.92 Å². The molecule has 1 aromatic heterocycles. The SMILES string of the molecule is CC(C)C(C(=O)NCc1cc[nH]c1)c1ccc(Cl)cc1. The number of H-pyrrole nitrogens is 1. The van der Waals surface area contributed by atoms with E-state index in [9.17, 15) is 4.79 Å². The summed E-state index contributed by atoms with van der Waals surface area (Å²) in [6.07, 6.45) is 3.73. The van der Waals surface area contributed by atoms with E-state index >= 15 is 0 Å². The van der Waals surface area contributed by atoms with Crippen LogP contribution in [-0.4, -0.2) is 10.9 Å². The molecule has 0 aliphatic heterocycles. The van der Waals surface area contributed by atoms with Gasteiger partial charge in [-0.15, -0.1) is 0 Å². The molecule has 106 valence electrons. The van der Waals surface area contributed by atoms with Gasteiger partial charge in [-0.3, -0.25) is 4.79 Å². The predicted octanol–water partition coefficient (Wildman–Crippen LogP) is 3.72. The van der Waals surface area contributed by atoms with Crippen molar-refractivity contribution in [3.8, 4) is 0 Å². The van der Waals surface area contributed by atoms with Crippen molar-refractivity contribution in [1.82, 2.24) is 10.3 Å². The molecule has 0 saturated heterocycles. The van der Waals surface area contributed by atoms with Gasteiger partial charge >= 0.3 is 0 Å². The van der Waals surface area contributed by atoms with Gasteiger partial charge in [-0.1, -0.05) is 37.6 Å². The number of amides is 1. The Kier molecular flexibility index (Phi) is 4.85. The van der Waals surface area contributed by atoms with E-state index in [1.165, 1.54) is 0 Å². The van der Waals surface area contributed by atoms with Crippen molar-refractivity contribution in [1.29, 1.82) is 0 Å². The van der Waals surface area contributed by atoms with Crippen LogP contribution in [-0.2, 0) is 11.3 Å². The Morgan fingerprint density at radius 3 is 2.50 bits per heavy atom. The lowest BCUT2D eigenvalue weighted by Gasteiger charge is -2.20. The first-order chi connectivity index (χ1) is 9.58. The molecule has 1 amide bonds. The zero-order valence-electron chi connectivity index (χ0n) is 11.7. The van der Waals surface area contributed by atoms with E-state index in [1.54, 1.807) is 0 Å². The Balaban J connectivity index is 2.08. The van der Waals surface area contributed by atoms with Gasteiger partial charge in [0.1, 0.15) is 0 Å². The fourth-order valence-corrected chi connectivity index (χ4v) is 2.40. The maximum atomic E-state index is 12.4. The summed E-state index contributed by atoms with van der Waals surface area (Å²) in [5, 5.41) is 3.67. The monoisotopic (exact) mass is 290 g/mol. The summed E-state index contributed by atoms with van der Waals surface area (Å²) in [6, 6.07) is 9.44. The zero-order valence-corrected chi connectivity index (χ0v) is 12.4. The lowest BCUT2D eigenvalue weighted by Crippen LogP contribution is -2.31. The van der Waals surface area contributed by atoms with E-state index in [1.807, 2.05) is 42.7 Å². The molecule has 0 fully saturated rings. The average Bonchev–Trinajstić information content (AvgIpc) is 2.92. The third-order valence-electron chi connectivity index (χ3n) is 3.31. The fourth-order valence-electron chi connectivity index (χ4n) is 2.28. The van der Waals surface area contributed by atoms with Crippen LogP contribution in [0.4, 0.5) is 0 Å². The Morgan fingerprint density at radius 2 is 1.95 bits per heavy atom. The van der Waals surface area contributed by atoms with Crippen LogP contribution in [0.3, 0.4) is 0 Å². The van der Waals surface area contributed by atoms with E-state index in [0.717, 1.165) is 11.1 Å². The summed E-state index contributed by atoms with van der Waals surface area (Å²) in [5.74, 6) is 0.108. The summed E-state index contributed by atoms with van der Waals surface area (Å²) < 4.78 is 0. The number of halogens is 1. The average molecular weight is 291 g/mol. The number of carbonyl (C=O) groups excluding carboxylic acids is 1. The summed E-state index contributed by atoms with van der Waals surface area (Å²) in [5.41, 5.74) is 2.06. The van der Waals surface area contributed by atoms with Crippen LogP contribution in [0.15, 0.2) is 42.7 Å². The third-order valence-corrected chi connectivity index (χ3v) is 3.56. The Labute approximate surface area is 124 Å². The lowest BCUT2D eigenvalue weighted by atomic mass is 9.87. The van der Waals surface area contributed by atoms with E-state index in [4.69, 9.17) is 11.6 Å². The molecule has 0 saturated carbocycles. The van der Waals surface area contributed by atoms with Crippen LogP contribution in [0, 0.1) is 5.92 Å². The molecule has 1 aromatic carbocycles. The highest BCUT2D eigenvalue weighted by Gasteiger charge is 2.23. The second-order valence-electron chi connectivity index (χ2n) is 5.21. The first kappa shape index (κ1) is 14.7. The molecule has 2 aromatic rings. The zero-order chi connectivity index (χ0) is 14.5. The molecule has 0 aliphatic carbocycles. The molecule has 0 radical (unpaired) electrons. The molecular formula is C16H19ClN2O. The number of nitrogens with one attached hydrogen (secondary N) is 2. The van der Waals surface area contributed by atoms with Gasteiger partial charge in [-0.25, -0.2) is 0 Å². The Morgan fingerprint density at radius 1 is 1.25 bits per heavy atom. The van der Waals surface area contributed by atoms with Gasteiger partial charge in [-0.2, -0.15) is 0 Å². The van der Waals surface area contributed by atoms with Crippen molar-refractivity contribution in [3.63, 3.8) is 0 Å². The highest BCUT2D eigenvalue weighted by Crippen LogP contribution is 2.26. The van der Waals surface area contributed by atoms with Gasteiger partial charge in [0, 0.05) is 24.0 Å². The molecule has 20 heavy (non-hydrogen) atoms. The minimum atomic E-state index is -0.161. The molecule has 2 N–H and O–H groups in total. The summed E-state index contributed by atoms with van der Waals surface area (Å²) in [6.45, 7) is 4.64. The number of hydrogen-bond donors (Lipinski definition) is 2. The van der Waals surface area contributed by atoms with E-state index < -0.39 is 0 Å². The van der Waals surface area contributed by atoms with E-state index in [-0.39, 0.29) is 17.7 Å². The largest absolute Gasteiger partial charge is 0.367 e. The lowest BCUT2D eigenvalue weighted by molar-refractivity contribution is -0.123. The molecular weight excluding hydrogens is 272 g/mol. The second-order valence-corrected chi connectivity index (χ2v) is 5.65.